The number of hydrogen-bond acceptors (Lipinski definition) is 3. The molecule has 0 spiro atoms. The summed E-state index contributed by atoms with van der Waals surface area (Å²) in [7, 11) is 0. The third-order valence-electron chi connectivity index (χ3n) is 3.60. The minimum Gasteiger partial charge on any atom is -0.494 e. The molecule has 0 unspecified atom stereocenters. The number of thiocarbonyl (C=S) groups is 1. The van der Waals surface area contributed by atoms with E-state index in [0.717, 1.165) is 18.6 Å². The van der Waals surface area contributed by atoms with Gasteiger partial charge in [-0.2, -0.15) is 0 Å². The molecule has 2 rings (SSSR count). The van der Waals surface area contributed by atoms with Crippen LogP contribution in [0.15, 0.2) is 24.3 Å². The van der Waals surface area contributed by atoms with Crippen molar-refractivity contribution in [3.05, 3.63) is 29.8 Å². The van der Waals surface area contributed by atoms with Gasteiger partial charge in [-0.1, -0.05) is 12.2 Å². The number of rotatable bonds is 4. The highest BCUT2D eigenvalue weighted by Crippen LogP contribution is 2.20. The Labute approximate surface area is 124 Å². The smallest absolute Gasteiger partial charge is 0.253 e. The molecule has 1 heterocycles. The maximum Gasteiger partial charge on any atom is 0.253 e. The predicted molar refractivity (Wildman–Crippen MR) is 83.0 cm³/mol. The van der Waals surface area contributed by atoms with Crippen LogP contribution in [0.2, 0.25) is 0 Å². The van der Waals surface area contributed by atoms with Crippen molar-refractivity contribution in [2.75, 3.05) is 19.7 Å². The van der Waals surface area contributed by atoms with E-state index in [1.165, 1.54) is 0 Å². The number of nitrogens with zero attached hydrogens (tertiary/aromatic N) is 1. The standard InChI is InChI=1S/C15H20N2O2S/c1-2-19-13-5-3-12(4-6-13)15(18)17-9-7-11(8-10-17)14(16)20/h3-6,11H,2,7-10H2,1H3,(H2,16,20). The lowest BCUT2D eigenvalue weighted by atomic mass is 9.96. The van der Waals surface area contributed by atoms with E-state index in [4.69, 9.17) is 22.7 Å². The van der Waals surface area contributed by atoms with Crippen molar-refractivity contribution in [2.24, 2.45) is 11.7 Å². The number of hydrogen-bond donors (Lipinski definition) is 1. The molecule has 0 saturated carbocycles. The molecule has 1 aliphatic heterocycles. The molecule has 108 valence electrons. The van der Waals surface area contributed by atoms with Gasteiger partial charge in [-0.05, 0) is 44.0 Å². The predicted octanol–water partition coefficient (Wildman–Crippen LogP) is 2.22. The highest BCUT2D eigenvalue weighted by atomic mass is 32.1. The first-order chi connectivity index (χ1) is 9.61. The summed E-state index contributed by atoms with van der Waals surface area (Å²) >= 11 is 5.01. The molecule has 0 aromatic heterocycles. The van der Waals surface area contributed by atoms with E-state index in [2.05, 4.69) is 0 Å². The molecule has 0 atom stereocenters. The second-order valence-electron chi connectivity index (χ2n) is 4.93. The quantitative estimate of drug-likeness (QED) is 0.865. The second kappa shape index (κ2) is 6.70. The third kappa shape index (κ3) is 3.48. The number of likely N-dealkylation sites (tertiary alicyclic amines) is 1. The average Bonchev–Trinajstić information content (AvgIpc) is 2.48. The Morgan fingerprint density at radius 3 is 2.45 bits per heavy atom. The molecule has 1 fully saturated rings. The molecule has 5 heteroatoms. The van der Waals surface area contributed by atoms with Crippen molar-refractivity contribution in [3.8, 4) is 5.75 Å². The van der Waals surface area contributed by atoms with Crippen LogP contribution in [0.1, 0.15) is 30.1 Å². The van der Waals surface area contributed by atoms with Gasteiger partial charge in [0, 0.05) is 24.6 Å². The first-order valence-electron chi connectivity index (χ1n) is 6.93. The topological polar surface area (TPSA) is 55.6 Å². The van der Waals surface area contributed by atoms with Crippen molar-refractivity contribution in [1.29, 1.82) is 0 Å². The van der Waals surface area contributed by atoms with Crippen LogP contribution in [-0.2, 0) is 0 Å². The first kappa shape index (κ1) is 14.8. The highest BCUT2D eigenvalue weighted by Gasteiger charge is 2.24. The number of piperidine rings is 1. The van der Waals surface area contributed by atoms with E-state index in [-0.39, 0.29) is 11.8 Å². The average molecular weight is 292 g/mol. The minimum absolute atomic E-state index is 0.0643. The summed E-state index contributed by atoms with van der Waals surface area (Å²) in [5, 5.41) is 0. The summed E-state index contributed by atoms with van der Waals surface area (Å²) in [6.45, 7) is 3.99. The number of carbonyl (C=O) groups is 1. The Bertz CT molecular complexity index is 479. The molecule has 1 aliphatic rings. The first-order valence-corrected chi connectivity index (χ1v) is 7.34. The van der Waals surface area contributed by atoms with Gasteiger partial charge in [0.15, 0.2) is 0 Å². The van der Waals surface area contributed by atoms with Crippen LogP contribution in [0.25, 0.3) is 0 Å². The van der Waals surface area contributed by atoms with E-state index < -0.39 is 0 Å². The summed E-state index contributed by atoms with van der Waals surface area (Å²) in [5.74, 6) is 1.13. The van der Waals surface area contributed by atoms with Gasteiger partial charge in [0.25, 0.3) is 5.91 Å². The number of carbonyl (C=O) groups excluding carboxylic acids is 1. The largest absolute Gasteiger partial charge is 0.494 e. The Balaban J connectivity index is 1.96. The van der Waals surface area contributed by atoms with Crippen molar-refractivity contribution in [1.82, 2.24) is 4.90 Å². The molecule has 1 aromatic rings. The lowest BCUT2D eigenvalue weighted by molar-refractivity contribution is 0.0710. The third-order valence-corrected chi connectivity index (χ3v) is 3.93. The van der Waals surface area contributed by atoms with Gasteiger partial charge in [0.05, 0.1) is 11.6 Å². The molecular weight excluding hydrogens is 272 g/mol. The van der Waals surface area contributed by atoms with Gasteiger partial charge in [-0.3, -0.25) is 4.79 Å². The van der Waals surface area contributed by atoms with Crippen LogP contribution in [0.5, 0.6) is 5.75 Å². The van der Waals surface area contributed by atoms with E-state index in [0.29, 0.717) is 30.2 Å². The summed E-state index contributed by atoms with van der Waals surface area (Å²) in [4.78, 5) is 14.8. The maximum atomic E-state index is 12.4. The molecule has 1 aromatic carbocycles. The Morgan fingerprint density at radius 1 is 1.35 bits per heavy atom. The van der Waals surface area contributed by atoms with Gasteiger partial charge >= 0.3 is 0 Å². The number of ether oxygens (including phenoxy) is 1. The number of benzene rings is 1. The summed E-state index contributed by atoms with van der Waals surface area (Å²) in [5.41, 5.74) is 6.36. The van der Waals surface area contributed by atoms with E-state index in [9.17, 15) is 4.79 Å². The molecular formula is C15H20N2O2S. The van der Waals surface area contributed by atoms with Crippen molar-refractivity contribution in [3.63, 3.8) is 0 Å². The van der Waals surface area contributed by atoms with Crippen molar-refractivity contribution in [2.45, 2.75) is 19.8 Å². The molecule has 0 bridgehead atoms. The SMILES string of the molecule is CCOc1ccc(C(=O)N2CCC(C(N)=S)CC2)cc1. The fourth-order valence-corrected chi connectivity index (χ4v) is 2.65. The summed E-state index contributed by atoms with van der Waals surface area (Å²) in [6, 6.07) is 7.29. The van der Waals surface area contributed by atoms with Crippen molar-refractivity contribution < 1.29 is 9.53 Å². The second-order valence-corrected chi connectivity index (χ2v) is 5.40. The summed E-state index contributed by atoms with van der Waals surface area (Å²) < 4.78 is 5.37. The normalized spacial score (nSPS) is 15.9. The zero-order valence-corrected chi connectivity index (χ0v) is 12.5. The van der Waals surface area contributed by atoms with E-state index >= 15 is 0 Å². The molecule has 0 aliphatic carbocycles. The minimum atomic E-state index is 0.0643. The van der Waals surface area contributed by atoms with E-state index in [1.807, 2.05) is 36.1 Å². The fourth-order valence-electron chi connectivity index (χ4n) is 2.41. The molecule has 2 N–H and O–H groups in total. The van der Waals surface area contributed by atoms with Gasteiger partial charge in [-0.25, -0.2) is 0 Å². The lowest BCUT2D eigenvalue weighted by Gasteiger charge is -2.31. The number of nitrogens with two attached hydrogens (primary N) is 1. The molecule has 1 saturated heterocycles. The Kier molecular flexibility index (Phi) is 4.95. The molecule has 4 nitrogen and oxygen atoms in total. The van der Waals surface area contributed by atoms with Crippen LogP contribution < -0.4 is 10.5 Å². The van der Waals surface area contributed by atoms with Crippen LogP contribution in [0.4, 0.5) is 0 Å². The van der Waals surface area contributed by atoms with Crippen LogP contribution >= 0.6 is 12.2 Å². The zero-order valence-electron chi connectivity index (χ0n) is 11.7. The highest BCUT2D eigenvalue weighted by molar-refractivity contribution is 7.80. The maximum absolute atomic E-state index is 12.4. The van der Waals surface area contributed by atoms with Crippen molar-refractivity contribution >= 4 is 23.1 Å². The molecule has 20 heavy (non-hydrogen) atoms. The van der Waals surface area contributed by atoms with Gasteiger partial charge in [0.1, 0.15) is 5.75 Å². The number of amides is 1. The lowest BCUT2D eigenvalue weighted by Crippen LogP contribution is -2.41. The van der Waals surface area contributed by atoms with Gasteiger partial charge in [0.2, 0.25) is 0 Å². The zero-order chi connectivity index (χ0) is 14.5. The van der Waals surface area contributed by atoms with E-state index in [1.54, 1.807) is 0 Å². The van der Waals surface area contributed by atoms with Crippen LogP contribution in [-0.4, -0.2) is 35.5 Å². The summed E-state index contributed by atoms with van der Waals surface area (Å²) in [6.07, 6.45) is 1.72. The molecule has 0 radical (unpaired) electrons. The monoisotopic (exact) mass is 292 g/mol. The van der Waals surface area contributed by atoms with Gasteiger partial charge in [-0.15, -0.1) is 0 Å². The molecule has 1 amide bonds. The Hall–Kier alpha value is -1.62. The van der Waals surface area contributed by atoms with Gasteiger partial charge < -0.3 is 15.4 Å². The van der Waals surface area contributed by atoms with Crippen LogP contribution in [0, 0.1) is 5.92 Å². The van der Waals surface area contributed by atoms with Crippen LogP contribution in [0.3, 0.4) is 0 Å². The fraction of sp³-hybridized carbons (Fsp3) is 0.467. The Morgan fingerprint density at radius 2 is 1.95 bits per heavy atom.